The number of carbonyl (C=O) groups is 2. The molecule has 31 heavy (non-hydrogen) atoms. The second kappa shape index (κ2) is 10.3. The number of aliphatic carboxylic acids is 1. The van der Waals surface area contributed by atoms with Gasteiger partial charge in [-0.2, -0.15) is 0 Å². The number of esters is 1. The predicted octanol–water partition coefficient (Wildman–Crippen LogP) is 5.11. The van der Waals surface area contributed by atoms with Crippen molar-refractivity contribution in [1.29, 1.82) is 0 Å². The number of para-hydroxylation sites is 1. The molecule has 2 N–H and O–H groups in total. The summed E-state index contributed by atoms with van der Waals surface area (Å²) in [6.45, 7) is 1.31. The fourth-order valence-electron chi connectivity index (χ4n) is 2.66. The molecule has 1 heterocycles. The standard InChI is InChI=1S/C22H18BrNO6S/c1-2-29-22(28)19-20(27)17(31-21(19)24-15-6-4-3-5-7-15)11-13-10-14(23)8-9-16(13)30-12-18(25)26/h3-11,27H,2,12H2,1H3,(H,25,26)/b17-11-,24-21?. The number of benzene rings is 2. The number of nitrogens with zero attached hydrogens (tertiary/aromatic N) is 1. The summed E-state index contributed by atoms with van der Waals surface area (Å²) in [6.07, 6.45) is 1.61. The van der Waals surface area contributed by atoms with Gasteiger partial charge in [0.2, 0.25) is 0 Å². The molecule has 0 saturated carbocycles. The zero-order valence-corrected chi connectivity index (χ0v) is 18.8. The molecule has 0 saturated heterocycles. The molecule has 0 fully saturated rings. The predicted molar refractivity (Wildman–Crippen MR) is 123 cm³/mol. The Hall–Kier alpha value is -3.04. The van der Waals surface area contributed by atoms with Crippen molar-refractivity contribution in [2.24, 2.45) is 4.99 Å². The van der Waals surface area contributed by atoms with Crippen molar-refractivity contribution in [3.05, 3.63) is 74.8 Å². The Morgan fingerprint density at radius 1 is 1.19 bits per heavy atom. The van der Waals surface area contributed by atoms with E-state index < -0.39 is 18.5 Å². The van der Waals surface area contributed by atoms with E-state index in [9.17, 15) is 14.7 Å². The number of carboxylic acid groups (broad SMARTS) is 1. The topological polar surface area (TPSA) is 105 Å². The normalized spacial score (nSPS) is 16.1. The van der Waals surface area contributed by atoms with Crippen molar-refractivity contribution >= 4 is 56.4 Å². The first-order valence-electron chi connectivity index (χ1n) is 9.17. The van der Waals surface area contributed by atoms with E-state index in [1.807, 2.05) is 18.2 Å². The molecule has 0 unspecified atom stereocenters. The number of halogens is 1. The van der Waals surface area contributed by atoms with E-state index in [2.05, 4.69) is 20.9 Å². The fraction of sp³-hybridized carbons (Fsp3) is 0.136. The first-order valence-corrected chi connectivity index (χ1v) is 10.8. The molecule has 0 aliphatic carbocycles. The van der Waals surface area contributed by atoms with Crippen molar-refractivity contribution in [2.45, 2.75) is 6.92 Å². The molecule has 0 amide bonds. The summed E-state index contributed by atoms with van der Waals surface area (Å²) in [4.78, 5) is 28.2. The Balaban J connectivity index is 2.05. The monoisotopic (exact) mass is 503 g/mol. The van der Waals surface area contributed by atoms with Crippen LogP contribution in [0.15, 0.2) is 74.2 Å². The maximum absolute atomic E-state index is 12.5. The number of hydrogen-bond acceptors (Lipinski definition) is 7. The lowest BCUT2D eigenvalue weighted by atomic mass is 10.1. The van der Waals surface area contributed by atoms with Crippen LogP contribution in [0.25, 0.3) is 6.08 Å². The summed E-state index contributed by atoms with van der Waals surface area (Å²) in [5, 5.41) is 20.0. The lowest BCUT2D eigenvalue weighted by Gasteiger charge is -2.08. The first kappa shape index (κ1) is 22.6. The van der Waals surface area contributed by atoms with Crippen LogP contribution in [-0.4, -0.2) is 40.4 Å². The van der Waals surface area contributed by atoms with Crippen molar-refractivity contribution in [3.63, 3.8) is 0 Å². The molecule has 2 aromatic carbocycles. The number of ether oxygens (including phenoxy) is 2. The third-order valence-electron chi connectivity index (χ3n) is 3.97. The molecule has 0 bridgehead atoms. The highest BCUT2D eigenvalue weighted by Gasteiger charge is 2.33. The first-order chi connectivity index (χ1) is 14.9. The number of rotatable bonds is 7. The third kappa shape index (κ3) is 5.77. The van der Waals surface area contributed by atoms with Crippen LogP contribution in [0.5, 0.6) is 5.75 Å². The smallest absolute Gasteiger partial charge is 0.344 e. The zero-order valence-electron chi connectivity index (χ0n) is 16.4. The average molecular weight is 504 g/mol. The largest absolute Gasteiger partial charge is 0.506 e. The van der Waals surface area contributed by atoms with Gasteiger partial charge in [0.05, 0.1) is 17.2 Å². The lowest BCUT2D eigenvalue weighted by molar-refractivity contribution is -0.139. The highest BCUT2D eigenvalue weighted by atomic mass is 79.9. The molecular formula is C22H18BrNO6S. The summed E-state index contributed by atoms with van der Waals surface area (Å²) in [5.74, 6) is -1.73. The number of aliphatic imine (C=N–C) groups is 1. The van der Waals surface area contributed by atoms with Crippen LogP contribution in [0.4, 0.5) is 5.69 Å². The number of hydrogen-bond donors (Lipinski definition) is 2. The van der Waals surface area contributed by atoms with Crippen LogP contribution >= 0.6 is 27.7 Å². The molecule has 7 nitrogen and oxygen atoms in total. The third-order valence-corrected chi connectivity index (χ3v) is 5.48. The molecule has 3 rings (SSSR count). The number of thioether (sulfide) groups is 1. The quantitative estimate of drug-likeness (QED) is 0.505. The minimum absolute atomic E-state index is 0.0232. The van der Waals surface area contributed by atoms with Crippen LogP contribution in [-0.2, 0) is 14.3 Å². The van der Waals surface area contributed by atoms with Gasteiger partial charge >= 0.3 is 11.9 Å². The second-order valence-corrected chi connectivity index (χ2v) is 8.12. The molecule has 0 radical (unpaired) electrons. The highest BCUT2D eigenvalue weighted by molar-refractivity contribution is 9.10. The Kier molecular flexibility index (Phi) is 7.54. The van der Waals surface area contributed by atoms with Gasteiger partial charge in [-0.15, -0.1) is 0 Å². The summed E-state index contributed by atoms with van der Waals surface area (Å²) >= 11 is 4.48. The molecule has 2 aromatic rings. The van der Waals surface area contributed by atoms with Crippen molar-refractivity contribution < 1.29 is 29.3 Å². The van der Waals surface area contributed by atoms with E-state index >= 15 is 0 Å². The van der Waals surface area contributed by atoms with Crippen molar-refractivity contribution in [3.8, 4) is 5.75 Å². The van der Waals surface area contributed by atoms with Crippen molar-refractivity contribution in [1.82, 2.24) is 0 Å². The second-order valence-electron chi connectivity index (χ2n) is 6.17. The number of aliphatic hydroxyl groups is 1. The highest BCUT2D eigenvalue weighted by Crippen LogP contribution is 2.41. The van der Waals surface area contributed by atoms with E-state index in [1.165, 1.54) is 0 Å². The van der Waals surface area contributed by atoms with Crippen LogP contribution in [0.1, 0.15) is 12.5 Å². The van der Waals surface area contributed by atoms with Gasteiger partial charge in [0.15, 0.2) is 6.61 Å². The Morgan fingerprint density at radius 3 is 2.61 bits per heavy atom. The molecule has 9 heteroatoms. The van der Waals surface area contributed by atoms with Gasteiger partial charge in [0.25, 0.3) is 0 Å². The fourth-order valence-corrected chi connectivity index (χ4v) is 4.06. The maximum Gasteiger partial charge on any atom is 0.344 e. The minimum atomic E-state index is -1.11. The molecule has 0 aromatic heterocycles. The van der Waals surface area contributed by atoms with Gasteiger partial charge in [-0.3, -0.25) is 0 Å². The molecule has 0 spiro atoms. The van der Waals surface area contributed by atoms with Gasteiger partial charge in [0.1, 0.15) is 22.1 Å². The van der Waals surface area contributed by atoms with Crippen LogP contribution < -0.4 is 4.74 Å². The van der Waals surface area contributed by atoms with Gasteiger partial charge in [-0.1, -0.05) is 45.9 Å². The van der Waals surface area contributed by atoms with E-state index in [0.717, 1.165) is 16.2 Å². The summed E-state index contributed by atoms with van der Waals surface area (Å²) in [6, 6.07) is 14.1. The molecule has 1 aliphatic heterocycles. The zero-order chi connectivity index (χ0) is 22.4. The lowest BCUT2D eigenvalue weighted by Crippen LogP contribution is -2.12. The maximum atomic E-state index is 12.5. The molecule has 1 aliphatic rings. The van der Waals surface area contributed by atoms with Crippen LogP contribution in [0.2, 0.25) is 0 Å². The molecular weight excluding hydrogens is 486 g/mol. The SMILES string of the molecule is CCOC(=O)C1=C(O)/C(=C/c2cc(Br)ccc2OCC(=O)O)SC1=Nc1ccccc1. The van der Waals surface area contributed by atoms with Crippen molar-refractivity contribution in [2.75, 3.05) is 13.2 Å². The number of aliphatic hydroxyl groups excluding tert-OH is 1. The van der Waals surface area contributed by atoms with Gasteiger partial charge < -0.3 is 19.7 Å². The molecule has 0 atom stereocenters. The summed E-state index contributed by atoms with van der Waals surface area (Å²) in [7, 11) is 0. The van der Waals surface area contributed by atoms with Gasteiger partial charge in [-0.05, 0) is 43.3 Å². The van der Waals surface area contributed by atoms with E-state index in [1.54, 1.807) is 43.3 Å². The van der Waals surface area contributed by atoms with E-state index in [0.29, 0.717) is 26.9 Å². The average Bonchev–Trinajstić information content (AvgIpc) is 3.03. The van der Waals surface area contributed by atoms with Crippen LogP contribution in [0, 0.1) is 0 Å². The summed E-state index contributed by atoms with van der Waals surface area (Å²) < 4.78 is 11.2. The van der Waals surface area contributed by atoms with Gasteiger partial charge in [-0.25, -0.2) is 14.6 Å². The van der Waals surface area contributed by atoms with Gasteiger partial charge in [0, 0.05) is 10.0 Å². The Bertz CT molecular complexity index is 1090. The Labute approximate surface area is 191 Å². The summed E-state index contributed by atoms with van der Waals surface area (Å²) in [5.41, 5.74) is 1.12. The Morgan fingerprint density at radius 2 is 1.94 bits per heavy atom. The van der Waals surface area contributed by atoms with E-state index in [-0.39, 0.29) is 17.9 Å². The number of carbonyl (C=O) groups excluding carboxylic acids is 1. The number of carboxylic acids is 1. The van der Waals surface area contributed by atoms with Crippen LogP contribution in [0.3, 0.4) is 0 Å². The van der Waals surface area contributed by atoms with E-state index in [4.69, 9.17) is 14.6 Å². The minimum Gasteiger partial charge on any atom is -0.506 e. The molecule has 160 valence electrons.